The van der Waals surface area contributed by atoms with Crippen LogP contribution in [0.25, 0.3) is 0 Å². The summed E-state index contributed by atoms with van der Waals surface area (Å²) in [6.07, 6.45) is 8.16. The van der Waals surface area contributed by atoms with Gasteiger partial charge in [0, 0.05) is 29.4 Å². The third-order valence-electron chi connectivity index (χ3n) is 8.23. The minimum absolute atomic E-state index is 0.0539. The van der Waals surface area contributed by atoms with E-state index in [0.29, 0.717) is 23.5 Å². The molecule has 4 heteroatoms. The molecule has 0 amide bonds. The van der Waals surface area contributed by atoms with Crippen LogP contribution in [0.3, 0.4) is 0 Å². The summed E-state index contributed by atoms with van der Waals surface area (Å²) in [7, 11) is 0. The summed E-state index contributed by atoms with van der Waals surface area (Å²) in [5, 5.41) is 9.99. The van der Waals surface area contributed by atoms with Crippen LogP contribution in [0.1, 0.15) is 66.7 Å². The number of hydrogen-bond donors (Lipinski definition) is 1. The molecule has 4 aliphatic rings. The number of carbonyl (C=O) groups excluding carboxylic acids is 2. The van der Waals surface area contributed by atoms with E-state index in [9.17, 15) is 14.7 Å². The highest BCUT2D eigenvalue weighted by Gasteiger charge is 2.62. The molecule has 0 aromatic carbocycles. The number of Topliss-reactive ketones (excluding diaryl/α,β-unsaturated/α-hetero) is 1. The fraction of sp³-hybridized carbons (Fsp3) is 0.680. The van der Waals surface area contributed by atoms with Gasteiger partial charge in [-0.1, -0.05) is 31.1 Å². The van der Waals surface area contributed by atoms with Gasteiger partial charge >= 0.3 is 0 Å². The Morgan fingerprint density at radius 1 is 1.31 bits per heavy atom. The fourth-order valence-corrected chi connectivity index (χ4v) is 6.79. The van der Waals surface area contributed by atoms with Gasteiger partial charge in [-0.2, -0.15) is 0 Å². The van der Waals surface area contributed by atoms with E-state index in [1.165, 1.54) is 5.57 Å². The van der Waals surface area contributed by atoms with Gasteiger partial charge in [0.1, 0.15) is 0 Å². The van der Waals surface area contributed by atoms with E-state index in [2.05, 4.69) is 33.8 Å². The zero-order chi connectivity index (χ0) is 21.1. The van der Waals surface area contributed by atoms with E-state index in [1.54, 1.807) is 6.08 Å². The molecule has 0 aromatic rings. The molecule has 1 saturated carbocycles. The van der Waals surface area contributed by atoms with Crippen LogP contribution in [-0.2, 0) is 14.3 Å². The second-order valence-corrected chi connectivity index (χ2v) is 10.4. The summed E-state index contributed by atoms with van der Waals surface area (Å²) in [4.78, 5) is 25.9. The SMILES string of the molecule is CC(C)=C[C@H]1C[C@H](C)[C@]2(CC[C@]3(C)C[C@@H]4C(C)=CC(=O)/C4=C(\CO)C(=O)C[C@H]32)O1. The summed E-state index contributed by atoms with van der Waals surface area (Å²) in [6.45, 7) is 10.4. The van der Waals surface area contributed by atoms with Crippen LogP contribution < -0.4 is 0 Å². The molecule has 1 aliphatic heterocycles. The molecule has 1 heterocycles. The molecule has 29 heavy (non-hydrogen) atoms. The monoisotopic (exact) mass is 398 g/mol. The number of aliphatic hydroxyl groups is 1. The molecular weight excluding hydrogens is 364 g/mol. The number of fused-ring (bicyclic) bond motifs is 3. The quantitative estimate of drug-likeness (QED) is 0.703. The van der Waals surface area contributed by atoms with Crippen molar-refractivity contribution in [2.24, 2.45) is 23.2 Å². The molecule has 1 N–H and O–H groups in total. The zero-order valence-electron chi connectivity index (χ0n) is 18.4. The van der Waals surface area contributed by atoms with Crippen molar-refractivity contribution < 1.29 is 19.4 Å². The molecule has 1 saturated heterocycles. The second-order valence-electron chi connectivity index (χ2n) is 10.4. The maximum atomic E-state index is 13.3. The van der Waals surface area contributed by atoms with Crippen LogP contribution in [0.2, 0.25) is 0 Å². The Kier molecular flexibility index (Phi) is 5.02. The van der Waals surface area contributed by atoms with Crippen molar-refractivity contribution in [3.05, 3.63) is 34.4 Å². The molecule has 158 valence electrons. The lowest BCUT2D eigenvalue weighted by atomic mass is 9.63. The molecule has 0 unspecified atom stereocenters. The first-order valence-corrected chi connectivity index (χ1v) is 11.0. The summed E-state index contributed by atoms with van der Waals surface area (Å²) < 4.78 is 6.75. The molecule has 0 bridgehead atoms. The second kappa shape index (κ2) is 7.02. The molecule has 6 atom stereocenters. The van der Waals surface area contributed by atoms with E-state index < -0.39 is 0 Å². The third kappa shape index (κ3) is 3.11. The van der Waals surface area contributed by atoms with Crippen molar-refractivity contribution in [1.82, 2.24) is 0 Å². The predicted octanol–water partition coefficient (Wildman–Crippen LogP) is 4.33. The Hall–Kier alpha value is -1.52. The molecule has 2 fully saturated rings. The molecule has 0 radical (unpaired) electrons. The number of allylic oxidation sites excluding steroid dienone is 4. The summed E-state index contributed by atoms with van der Waals surface area (Å²) in [5.74, 6) is 0.280. The maximum absolute atomic E-state index is 13.3. The van der Waals surface area contributed by atoms with Crippen molar-refractivity contribution in [1.29, 1.82) is 0 Å². The predicted molar refractivity (Wildman–Crippen MR) is 112 cm³/mol. The van der Waals surface area contributed by atoms with Crippen molar-refractivity contribution in [2.45, 2.75) is 78.4 Å². The highest BCUT2D eigenvalue weighted by molar-refractivity contribution is 6.14. The van der Waals surface area contributed by atoms with Crippen LogP contribution in [0.5, 0.6) is 0 Å². The van der Waals surface area contributed by atoms with E-state index in [4.69, 9.17) is 4.74 Å². The molecule has 4 nitrogen and oxygen atoms in total. The maximum Gasteiger partial charge on any atom is 0.182 e. The molecular formula is C25H34O4. The van der Waals surface area contributed by atoms with E-state index in [-0.39, 0.29) is 47.1 Å². The van der Waals surface area contributed by atoms with Gasteiger partial charge in [-0.3, -0.25) is 9.59 Å². The highest BCUT2D eigenvalue weighted by Crippen LogP contribution is 2.63. The Labute approximate surface area is 174 Å². The lowest BCUT2D eigenvalue weighted by Crippen LogP contribution is -2.46. The van der Waals surface area contributed by atoms with E-state index >= 15 is 0 Å². The first-order valence-electron chi connectivity index (χ1n) is 11.0. The summed E-state index contributed by atoms with van der Waals surface area (Å²) in [5.41, 5.74) is 2.82. The van der Waals surface area contributed by atoms with Crippen molar-refractivity contribution in [3.63, 3.8) is 0 Å². The van der Waals surface area contributed by atoms with Gasteiger partial charge in [0.2, 0.25) is 0 Å². The van der Waals surface area contributed by atoms with Crippen LogP contribution >= 0.6 is 0 Å². The Morgan fingerprint density at radius 2 is 2.03 bits per heavy atom. The first kappa shape index (κ1) is 20.7. The zero-order valence-corrected chi connectivity index (χ0v) is 18.4. The number of aliphatic hydroxyl groups excluding tert-OH is 1. The largest absolute Gasteiger partial charge is 0.392 e. The highest BCUT2D eigenvalue weighted by atomic mass is 16.5. The summed E-state index contributed by atoms with van der Waals surface area (Å²) in [6, 6.07) is 0. The Bertz CT molecular complexity index is 843. The number of ketones is 2. The fourth-order valence-electron chi connectivity index (χ4n) is 6.79. The number of rotatable bonds is 2. The third-order valence-corrected chi connectivity index (χ3v) is 8.23. The minimum atomic E-state index is -0.356. The first-order chi connectivity index (χ1) is 13.6. The van der Waals surface area contributed by atoms with Crippen LogP contribution in [0.4, 0.5) is 0 Å². The van der Waals surface area contributed by atoms with E-state index in [0.717, 1.165) is 31.3 Å². The molecule has 4 rings (SSSR count). The van der Waals surface area contributed by atoms with E-state index in [1.807, 2.05) is 6.92 Å². The normalized spacial score (nSPS) is 44.4. The number of hydrogen-bond acceptors (Lipinski definition) is 4. The van der Waals surface area contributed by atoms with Gasteiger partial charge in [-0.25, -0.2) is 0 Å². The lowest BCUT2D eigenvalue weighted by molar-refractivity contribution is -0.127. The summed E-state index contributed by atoms with van der Waals surface area (Å²) >= 11 is 0. The van der Waals surface area contributed by atoms with Crippen LogP contribution in [0, 0.1) is 23.2 Å². The van der Waals surface area contributed by atoms with Crippen LogP contribution in [0.15, 0.2) is 34.4 Å². The lowest BCUT2D eigenvalue weighted by Gasteiger charge is -2.44. The topological polar surface area (TPSA) is 63.6 Å². The van der Waals surface area contributed by atoms with Gasteiger partial charge in [0.05, 0.1) is 18.3 Å². The molecule has 0 aromatic heterocycles. The van der Waals surface area contributed by atoms with Gasteiger partial charge in [0.25, 0.3) is 0 Å². The number of ether oxygens (including phenoxy) is 1. The van der Waals surface area contributed by atoms with Crippen molar-refractivity contribution in [3.8, 4) is 0 Å². The van der Waals surface area contributed by atoms with Gasteiger partial charge in [0.15, 0.2) is 11.6 Å². The van der Waals surface area contributed by atoms with Gasteiger partial charge in [-0.05, 0) is 63.9 Å². The average molecular weight is 399 g/mol. The van der Waals surface area contributed by atoms with Crippen LogP contribution in [-0.4, -0.2) is 35.0 Å². The number of carbonyl (C=O) groups is 2. The minimum Gasteiger partial charge on any atom is -0.392 e. The average Bonchev–Trinajstić information content (AvgIpc) is 3.17. The smallest absolute Gasteiger partial charge is 0.182 e. The van der Waals surface area contributed by atoms with Crippen molar-refractivity contribution >= 4 is 11.6 Å². The molecule has 1 spiro atoms. The van der Waals surface area contributed by atoms with Gasteiger partial charge in [-0.15, -0.1) is 0 Å². The molecule has 3 aliphatic carbocycles. The Balaban J connectivity index is 1.77. The standard InChI is InChI=1S/C25H34O4/c1-14(2)8-17-10-16(4)25(29-17)7-6-24(5)12-18-15(3)9-21(28)23(18)19(13-26)20(27)11-22(24)25/h8-9,16-18,22,26H,6-7,10-13H2,1-5H3/b23-19+/t16-,17-,18+,22+,24+,25-/m0/s1. The Morgan fingerprint density at radius 3 is 2.69 bits per heavy atom. The van der Waals surface area contributed by atoms with Gasteiger partial charge < -0.3 is 9.84 Å². The van der Waals surface area contributed by atoms with Crippen molar-refractivity contribution in [2.75, 3.05) is 6.61 Å².